The third kappa shape index (κ3) is 2.36. The topological polar surface area (TPSA) is 64.9 Å². The molecule has 0 aliphatic carbocycles. The number of halogens is 2. The molecular weight excluding hydrogens is 310 g/mol. The van der Waals surface area contributed by atoms with Crippen LogP contribution >= 0.6 is 34.0 Å². The van der Waals surface area contributed by atoms with Gasteiger partial charge in [0, 0.05) is 23.0 Å². The Morgan fingerprint density at radius 2 is 1.71 bits per heavy atom. The van der Waals surface area contributed by atoms with Crippen LogP contribution in [0.2, 0.25) is 0 Å². The predicted molar refractivity (Wildman–Crippen MR) is 71.2 cm³/mol. The van der Waals surface area contributed by atoms with Crippen LogP contribution in [-0.4, -0.2) is 4.98 Å². The minimum absolute atomic E-state index is 0. The Hall–Kier alpha value is -0.810. The smallest absolute Gasteiger partial charge is 0.0724 e. The van der Waals surface area contributed by atoms with Crippen LogP contribution in [0.3, 0.4) is 0 Å². The molecule has 1 aromatic carbocycles. The second-order valence-corrected chi connectivity index (χ2v) is 2.68. The molecule has 3 nitrogen and oxygen atoms in total. The first-order valence-electron chi connectivity index (χ1n) is 3.67. The molecule has 1 aromatic heterocycles. The van der Waals surface area contributed by atoms with Crippen molar-refractivity contribution < 1.29 is 0 Å². The number of rotatable bonds is 0. The van der Waals surface area contributed by atoms with E-state index >= 15 is 0 Å². The van der Waals surface area contributed by atoms with Crippen LogP contribution in [0.1, 0.15) is 0 Å². The highest BCUT2D eigenvalue weighted by molar-refractivity contribution is 8.93. The van der Waals surface area contributed by atoms with Gasteiger partial charge in [-0.05, 0) is 24.3 Å². The highest BCUT2D eigenvalue weighted by Crippen LogP contribution is 2.20. The fourth-order valence-corrected chi connectivity index (χ4v) is 1.19. The molecule has 0 saturated carbocycles. The maximum absolute atomic E-state index is 5.73. The van der Waals surface area contributed by atoms with Crippen LogP contribution < -0.4 is 11.5 Å². The first-order valence-corrected chi connectivity index (χ1v) is 3.67. The summed E-state index contributed by atoms with van der Waals surface area (Å²) in [5.41, 5.74) is 13.6. The monoisotopic (exact) mass is 319 g/mol. The number of hydrogen-bond donors (Lipinski definition) is 2. The van der Waals surface area contributed by atoms with Crippen molar-refractivity contribution in [3.63, 3.8) is 0 Å². The quantitative estimate of drug-likeness (QED) is 0.733. The number of nitrogen functional groups attached to an aromatic ring is 2. The van der Waals surface area contributed by atoms with E-state index in [0.29, 0.717) is 11.4 Å². The Morgan fingerprint density at radius 1 is 1.00 bits per heavy atom. The lowest BCUT2D eigenvalue weighted by Crippen LogP contribution is -1.90. The summed E-state index contributed by atoms with van der Waals surface area (Å²) in [5, 5.41) is 0.914. The Balaban J connectivity index is 0.000000845. The maximum atomic E-state index is 5.73. The zero-order valence-corrected chi connectivity index (χ0v) is 10.7. The highest BCUT2D eigenvalue weighted by atomic mass is 79.9. The van der Waals surface area contributed by atoms with Crippen LogP contribution in [-0.2, 0) is 0 Å². The summed E-state index contributed by atoms with van der Waals surface area (Å²) < 4.78 is 0. The first-order chi connectivity index (χ1) is 5.77. The van der Waals surface area contributed by atoms with Gasteiger partial charge < -0.3 is 11.5 Å². The van der Waals surface area contributed by atoms with Gasteiger partial charge >= 0.3 is 0 Å². The molecule has 0 aliphatic heterocycles. The van der Waals surface area contributed by atoms with Crippen molar-refractivity contribution in [3.8, 4) is 0 Å². The molecule has 1 heterocycles. The molecule has 2 aromatic rings. The Bertz CT molecular complexity index is 431. The van der Waals surface area contributed by atoms with Crippen molar-refractivity contribution in [2.45, 2.75) is 0 Å². The van der Waals surface area contributed by atoms with Gasteiger partial charge in [0.2, 0.25) is 0 Å². The standard InChI is InChI=1S/C9H9N3.2BrH/c10-6-1-2-9-7(5-6)8(11)3-4-12-9;;/h1-5H,10H2,(H2,11,12);2*1H. The average Bonchev–Trinajstić information content (AvgIpc) is 2.07. The lowest BCUT2D eigenvalue weighted by atomic mass is 10.2. The molecule has 2 rings (SSSR count). The molecule has 0 atom stereocenters. The maximum Gasteiger partial charge on any atom is 0.0724 e. The third-order valence-corrected chi connectivity index (χ3v) is 1.80. The van der Waals surface area contributed by atoms with Crippen molar-refractivity contribution in [3.05, 3.63) is 30.5 Å². The van der Waals surface area contributed by atoms with Crippen LogP contribution in [0.4, 0.5) is 11.4 Å². The minimum atomic E-state index is 0. The molecule has 0 bridgehead atoms. The van der Waals surface area contributed by atoms with E-state index in [1.54, 1.807) is 12.3 Å². The predicted octanol–water partition coefficient (Wildman–Crippen LogP) is 2.55. The van der Waals surface area contributed by atoms with Gasteiger partial charge in [-0.1, -0.05) is 0 Å². The number of anilines is 2. The third-order valence-electron chi connectivity index (χ3n) is 1.80. The molecule has 5 heteroatoms. The Morgan fingerprint density at radius 3 is 2.43 bits per heavy atom. The van der Waals surface area contributed by atoms with Crippen molar-refractivity contribution in [2.75, 3.05) is 11.5 Å². The van der Waals surface area contributed by atoms with E-state index in [1.807, 2.05) is 18.2 Å². The zero-order valence-electron chi connectivity index (χ0n) is 7.31. The fourth-order valence-electron chi connectivity index (χ4n) is 1.19. The number of hydrogen-bond acceptors (Lipinski definition) is 3. The van der Waals surface area contributed by atoms with Gasteiger partial charge in [-0.2, -0.15) is 0 Å². The van der Waals surface area contributed by atoms with E-state index in [4.69, 9.17) is 11.5 Å². The molecule has 0 fully saturated rings. The van der Waals surface area contributed by atoms with Gasteiger partial charge in [0.1, 0.15) is 0 Å². The molecule has 0 radical (unpaired) electrons. The number of nitrogens with two attached hydrogens (primary N) is 2. The van der Waals surface area contributed by atoms with Crippen molar-refractivity contribution in [1.29, 1.82) is 0 Å². The second-order valence-electron chi connectivity index (χ2n) is 2.68. The molecule has 0 spiro atoms. The van der Waals surface area contributed by atoms with Crippen LogP contribution in [0.25, 0.3) is 10.9 Å². The Kier molecular flexibility index (Phi) is 4.87. The van der Waals surface area contributed by atoms with E-state index in [9.17, 15) is 0 Å². The fraction of sp³-hybridized carbons (Fsp3) is 0. The molecule has 14 heavy (non-hydrogen) atoms. The first kappa shape index (κ1) is 13.2. The number of pyridine rings is 1. The van der Waals surface area contributed by atoms with Gasteiger partial charge in [0.25, 0.3) is 0 Å². The average molecular weight is 321 g/mol. The molecule has 0 aliphatic rings. The Labute approximate surface area is 103 Å². The van der Waals surface area contributed by atoms with E-state index in [2.05, 4.69) is 4.98 Å². The van der Waals surface area contributed by atoms with E-state index < -0.39 is 0 Å². The second kappa shape index (κ2) is 5.17. The summed E-state index contributed by atoms with van der Waals surface area (Å²) >= 11 is 0. The van der Waals surface area contributed by atoms with E-state index in [1.165, 1.54) is 0 Å². The van der Waals surface area contributed by atoms with Crippen molar-refractivity contribution in [2.24, 2.45) is 0 Å². The van der Waals surface area contributed by atoms with Gasteiger partial charge in [-0.15, -0.1) is 34.0 Å². The number of aromatic nitrogens is 1. The van der Waals surface area contributed by atoms with Gasteiger partial charge in [0.05, 0.1) is 5.52 Å². The molecule has 76 valence electrons. The largest absolute Gasteiger partial charge is 0.399 e. The summed E-state index contributed by atoms with van der Waals surface area (Å²) in [5.74, 6) is 0. The number of benzene rings is 1. The molecule has 0 amide bonds. The van der Waals surface area contributed by atoms with Gasteiger partial charge in [0.15, 0.2) is 0 Å². The van der Waals surface area contributed by atoms with Crippen molar-refractivity contribution >= 4 is 56.2 Å². The minimum Gasteiger partial charge on any atom is -0.399 e. The molecule has 0 unspecified atom stereocenters. The zero-order chi connectivity index (χ0) is 8.55. The normalized spacial score (nSPS) is 8.86. The SMILES string of the molecule is Br.Br.Nc1ccc2nccc(N)c2c1. The van der Waals surface area contributed by atoms with E-state index in [0.717, 1.165) is 10.9 Å². The summed E-state index contributed by atoms with van der Waals surface area (Å²) in [6.07, 6.45) is 1.69. The van der Waals surface area contributed by atoms with E-state index in [-0.39, 0.29) is 34.0 Å². The summed E-state index contributed by atoms with van der Waals surface area (Å²) in [4.78, 5) is 4.15. The van der Waals surface area contributed by atoms with Crippen molar-refractivity contribution in [1.82, 2.24) is 4.98 Å². The molecule has 0 saturated heterocycles. The number of nitrogens with zero attached hydrogens (tertiary/aromatic N) is 1. The van der Waals surface area contributed by atoms with Crippen LogP contribution in [0.5, 0.6) is 0 Å². The summed E-state index contributed by atoms with van der Waals surface area (Å²) in [6, 6.07) is 7.27. The summed E-state index contributed by atoms with van der Waals surface area (Å²) in [6.45, 7) is 0. The molecule has 4 N–H and O–H groups in total. The molecular formula is C9H11Br2N3. The van der Waals surface area contributed by atoms with Gasteiger partial charge in [-0.25, -0.2) is 0 Å². The highest BCUT2D eigenvalue weighted by Gasteiger charge is 1.97. The number of fused-ring (bicyclic) bond motifs is 1. The lowest BCUT2D eigenvalue weighted by Gasteiger charge is -2.00. The van der Waals surface area contributed by atoms with Crippen LogP contribution in [0.15, 0.2) is 30.5 Å². The van der Waals surface area contributed by atoms with Crippen LogP contribution in [0, 0.1) is 0 Å². The van der Waals surface area contributed by atoms with Gasteiger partial charge in [-0.3, -0.25) is 4.98 Å². The lowest BCUT2D eigenvalue weighted by molar-refractivity contribution is 1.41. The summed E-state index contributed by atoms with van der Waals surface area (Å²) in [7, 11) is 0.